The molecule has 27 heavy (non-hydrogen) atoms. The molecule has 6 heteroatoms. The molecular weight excluding hydrogens is 340 g/mol. The van der Waals surface area contributed by atoms with Gasteiger partial charge in [-0.1, -0.05) is 23.8 Å². The molecule has 4 rings (SSSR count). The van der Waals surface area contributed by atoms with Gasteiger partial charge >= 0.3 is 0 Å². The van der Waals surface area contributed by atoms with Gasteiger partial charge in [-0.25, -0.2) is 9.20 Å². The van der Waals surface area contributed by atoms with Crippen LogP contribution in [0.15, 0.2) is 59.7 Å². The highest BCUT2D eigenvalue weighted by Crippen LogP contribution is 2.21. The molecule has 136 valence electrons. The van der Waals surface area contributed by atoms with Gasteiger partial charge in [-0.3, -0.25) is 4.79 Å². The van der Waals surface area contributed by atoms with Crippen LogP contribution in [0.3, 0.4) is 0 Å². The summed E-state index contributed by atoms with van der Waals surface area (Å²) >= 11 is 0. The van der Waals surface area contributed by atoms with Crippen molar-refractivity contribution in [1.82, 2.24) is 19.4 Å². The van der Waals surface area contributed by atoms with Crippen LogP contribution in [0.5, 0.6) is 5.75 Å². The third kappa shape index (κ3) is 3.21. The largest absolute Gasteiger partial charge is 0.497 e. The summed E-state index contributed by atoms with van der Waals surface area (Å²) in [7, 11) is 1.63. The van der Waals surface area contributed by atoms with Crippen LogP contribution in [-0.2, 0) is 6.54 Å². The van der Waals surface area contributed by atoms with Crippen LogP contribution >= 0.6 is 0 Å². The quantitative estimate of drug-likeness (QED) is 0.561. The van der Waals surface area contributed by atoms with E-state index in [-0.39, 0.29) is 5.56 Å². The lowest BCUT2D eigenvalue weighted by Crippen LogP contribution is -2.25. The molecule has 0 N–H and O–H groups in total. The predicted molar refractivity (Wildman–Crippen MR) is 104 cm³/mol. The van der Waals surface area contributed by atoms with Gasteiger partial charge in [0.05, 0.1) is 19.3 Å². The van der Waals surface area contributed by atoms with Gasteiger partial charge in [0.1, 0.15) is 17.6 Å². The van der Waals surface area contributed by atoms with Crippen molar-refractivity contribution in [2.45, 2.75) is 20.4 Å². The van der Waals surface area contributed by atoms with Crippen molar-refractivity contribution in [3.8, 4) is 17.0 Å². The first-order chi connectivity index (χ1) is 13.0. The summed E-state index contributed by atoms with van der Waals surface area (Å²) < 4.78 is 8.20. The second-order valence-corrected chi connectivity index (χ2v) is 6.61. The van der Waals surface area contributed by atoms with E-state index in [0.29, 0.717) is 12.1 Å². The zero-order valence-corrected chi connectivity index (χ0v) is 15.5. The lowest BCUT2D eigenvalue weighted by Gasteiger charge is -2.08. The van der Waals surface area contributed by atoms with Crippen LogP contribution in [0.2, 0.25) is 0 Å². The maximum atomic E-state index is 12.9. The summed E-state index contributed by atoms with van der Waals surface area (Å²) in [6, 6.07) is 15.6. The first-order valence-electron chi connectivity index (χ1n) is 8.71. The number of benzene rings is 2. The van der Waals surface area contributed by atoms with E-state index in [0.717, 1.165) is 33.7 Å². The maximum absolute atomic E-state index is 12.9. The van der Waals surface area contributed by atoms with Gasteiger partial charge in [-0.05, 0) is 55.3 Å². The summed E-state index contributed by atoms with van der Waals surface area (Å²) in [5, 5.41) is 8.77. The van der Waals surface area contributed by atoms with E-state index in [9.17, 15) is 4.79 Å². The van der Waals surface area contributed by atoms with Crippen molar-refractivity contribution in [3.63, 3.8) is 0 Å². The number of aryl methyl sites for hydroxylation is 2. The van der Waals surface area contributed by atoms with Crippen LogP contribution in [-0.4, -0.2) is 26.5 Å². The first kappa shape index (κ1) is 17.0. The van der Waals surface area contributed by atoms with Gasteiger partial charge in [0.2, 0.25) is 0 Å². The van der Waals surface area contributed by atoms with E-state index < -0.39 is 0 Å². The van der Waals surface area contributed by atoms with Crippen LogP contribution in [0, 0.1) is 13.8 Å². The summed E-state index contributed by atoms with van der Waals surface area (Å²) in [4.78, 5) is 12.9. The van der Waals surface area contributed by atoms with Crippen molar-refractivity contribution in [2.75, 3.05) is 7.11 Å². The lowest BCUT2D eigenvalue weighted by atomic mass is 10.1. The topological polar surface area (TPSA) is 61.4 Å². The molecule has 2 aromatic heterocycles. The van der Waals surface area contributed by atoms with Crippen LogP contribution in [0.1, 0.15) is 16.7 Å². The second kappa shape index (κ2) is 6.72. The monoisotopic (exact) mass is 360 g/mol. The molecule has 0 aliphatic carbocycles. The van der Waals surface area contributed by atoms with Gasteiger partial charge in [-0.2, -0.15) is 10.2 Å². The molecule has 0 atom stereocenters. The standard InChI is InChI=1S/C21H20N4O2/c1-14-4-5-15(2)17(10-14)12-24-21(26)20-11-19(23-25(20)13-22-24)16-6-8-18(27-3)9-7-16/h4-11,13H,12H2,1-3H3. The Kier molecular flexibility index (Phi) is 4.24. The van der Waals surface area contributed by atoms with Crippen molar-refractivity contribution >= 4 is 5.52 Å². The second-order valence-electron chi connectivity index (χ2n) is 6.61. The van der Waals surface area contributed by atoms with Crippen molar-refractivity contribution < 1.29 is 4.74 Å². The van der Waals surface area contributed by atoms with Crippen LogP contribution < -0.4 is 10.3 Å². The number of methoxy groups -OCH3 is 1. The number of hydrogen-bond acceptors (Lipinski definition) is 4. The Morgan fingerprint density at radius 2 is 1.81 bits per heavy atom. The van der Waals surface area contributed by atoms with Crippen LogP contribution in [0.25, 0.3) is 16.8 Å². The van der Waals surface area contributed by atoms with Crippen molar-refractivity contribution in [2.24, 2.45) is 0 Å². The van der Waals surface area contributed by atoms with Crippen LogP contribution in [0.4, 0.5) is 0 Å². The number of nitrogens with zero attached hydrogens (tertiary/aromatic N) is 4. The number of ether oxygens (including phenoxy) is 1. The van der Waals surface area contributed by atoms with E-state index >= 15 is 0 Å². The molecule has 2 heterocycles. The highest BCUT2D eigenvalue weighted by molar-refractivity contribution is 5.65. The molecule has 4 aromatic rings. The molecule has 6 nitrogen and oxygen atoms in total. The zero-order valence-electron chi connectivity index (χ0n) is 15.5. The summed E-state index contributed by atoms with van der Waals surface area (Å²) in [6.45, 7) is 4.52. The SMILES string of the molecule is COc1ccc(-c2cc3c(=O)n(Cc4cc(C)ccc4C)ncn3n2)cc1. The van der Waals surface area contributed by atoms with E-state index in [2.05, 4.69) is 28.4 Å². The van der Waals surface area contributed by atoms with Crippen molar-refractivity contribution in [3.05, 3.63) is 81.9 Å². The molecule has 0 saturated heterocycles. The van der Waals surface area contributed by atoms with Gasteiger partial charge in [0.15, 0.2) is 0 Å². The Morgan fingerprint density at radius 1 is 1.04 bits per heavy atom. The highest BCUT2D eigenvalue weighted by Gasteiger charge is 2.11. The molecule has 0 aliphatic heterocycles. The number of fused-ring (bicyclic) bond motifs is 1. The zero-order chi connectivity index (χ0) is 19.0. The summed E-state index contributed by atoms with van der Waals surface area (Å²) in [5.41, 5.74) is 5.37. The molecule has 0 bridgehead atoms. The van der Waals surface area contributed by atoms with Crippen molar-refractivity contribution in [1.29, 1.82) is 0 Å². The lowest BCUT2D eigenvalue weighted by molar-refractivity contribution is 0.415. The molecular formula is C21H20N4O2. The highest BCUT2D eigenvalue weighted by atomic mass is 16.5. The third-order valence-corrected chi connectivity index (χ3v) is 4.70. The predicted octanol–water partition coefficient (Wildman–Crippen LogP) is 3.23. The smallest absolute Gasteiger partial charge is 0.293 e. The Bertz CT molecular complexity index is 1170. The molecule has 0 amide bonds. The van der Waals surface area contributed by atoms with E-state index in [1.54, 1.807) is 19.5 Å². The average molecular weight is 360 g/mol. The van der Waals surface area contributed by atoms with E-state index in [4.69, 9.17) is 4.74 Å². The molecule has 0 saturated carbocycles. The minimum atomic E-state index is -0.161. The molecule has 0 fully saturated rings. The molecule has 0 radical (unpaired) electrons. The average Bonchev–Trinajstić information content (AvgIpc) is 3.12. The van der Waals surface area contributed by atoms with Gasteiger partial charge in [-0.15, -0.1) is 0 Å². The fourth-order valence-electron chi connectivity index (χ4n) is 3.09. The fourth-order valence-corrected chi connectivity index (χ4v) is 3.09. The number of rotatable bonds is 4. The fraction of sp³-hybridized carbons (Fsp3) is 0.190. The number of aromatic nitrogens is 4. The van der Waals surface area contributed by atoms with Gasteiger partial charge < -0.3 is 4.74 Å². The molecule has 0 aliphatic rings. The Balaban J connectivity index is 1.73. The normalized spacial score (nSPS) is 11.1. The number of hydrogen-bond donors (Lipinski definition) is 0. The minimum absolute atomic E-state index is 0.161. The maximum Gasteiger partial charge on any atom is 0.293 e. The third-order valence-electron chi connectivity index (χ3n) is 4.70. The summed E-state index contributed by atoms with van der Waals surface area (Å²) in [6.07, 6.45) is 1.58. The Morgan fingerprint density at radius 3 is 2.56 bits per heavy atom. The summed E-state index contributed by atoms with van der Waals surface area (Å²) in [5.74, 6) is 0.778. The van der Waals surface area contributed by atoms with E-state index in [1.165, 1.54) is 9.20 Å². The van der Waals surface area contributed by atoms with E-state index in [1.807, 2.05) is 38.1 Å². The minimum Gasteiger partial charge on any atom is -0.497 e. The van der Waals surface area contributed by atoms with Gasteiger partial charge in [0.25, 0.3) is 5.56 Å². The molecule has 2 aromatic carbocycles. The van der Waals surface area contributed by atoms with Gasteiger partial charge in [0, 0.05) is 5.56 Å². The molecule has 0 spiro atoms. The Labute approximate surface area is 156 Å². The first-order valence-corrected chi connectivity index (χ1v) is 8.71. The molecule has 0 unspecified atom stereocenters. The Hall–Kier alpha value is -3.41.